The second-order valence-electron chi connectivity index (χ2n) is 6.43. The van der Waals surface area contributed by atoms with Gasteiger partial charge in [0.15, 0.2) is 0 Å². The highest BCUT2D eigenvalue weighted by molar-refractivity contribution is 7.92. The number of benzene rings is 2. The molecule has 0 fully saturated rings. The van der Waals surface area contributed by atoms with Crippen LogP contribution in [0.4, 0.5) is 10.1 Å². The van der Waals surface area contributed by atoms with Gasteiger partial charge in [-0.25, -0.2) is 22.8 Å². The van der Waals surface area contributed by atoms with Crippen LogP contribution < -0.4 is 4.72 Å². The van der Waals surface area contributed by atoms with Crippen LogP contribution in [0.2, 0.25) is 0 Å². The van der Waals surface area contributed by atoms with E-state index in [1.54, 1.807) is 31.3 Å². The number of fused-ring (bicyclic) bond motifs is 1. The smallest absolute Gasteiger partial charge is 0.262 e. The molecule has 0 unspecified atom stereocenters. The lowest BCUT2D eigenvalue weighted by molar-refractivity contribution is 0.594. The summed E-state index contributed by atoms with van der Waals surface area (Å²) in [6.07, 6.45) is 3.53. The minimum absolute atomic E-state index is 0.0917. The van der Waals surface area contributed by atoms with Gasteiger partial charge in [0.05, 0.1) is 10.6 Å². The maximum absolute atomic E-state index is 13.5. The van der Waals surface area contributed by atoms with Gasteiger partial charge in [-0.15, -0.1) is 0 Å². The second-order valence-corrected chi connectivity index (χ2v) is 8.08. The van der Waals surface area contributed by atoms with Crippen LogP contribution in [0.1, 0.15) is 11.3 Å². The molecule has 2 aromatic heterocycles. The third kappa shape index (κ3) is 3.22. The lowest BCUT2D eigenvalue weighted by Gasteiger charge is -2.11. The Kier molecular flexibility index (Phi) is 4.35. The molecule has 142 valence electrons. The number of nitrogens with one attached hydrogen (secondary N) is 1. The van der Waals surface area contributed by atoms with Crippen molar-refractivity contribution < 1.29 is 12.8 Å². The van der Waals surface area contributed by atoms with E-state index < -0.39 is 15.8 Å². The summed E-state index contributed by atoms with van der Waals surface area (Å²) in [6, 6.07) is 12.4. The van der Waals surface area contributed by atoms with E-state index in [2.05, 4.69) is 14.7 Å². The average Bonchev–Trinajstić information content (AvgIpc) is 3.00. The number of hydrogen-bond donors (Lipinski definition) is 1. The molecule has 0 bridgehead atoms. The molecule has 0 saturated carbocycles. The Labute approximate surface area is 161 Å². The SMILES string of the molecule is Cc1ccc(F)cc1S(=O)(=O)Nc1cccc(-c2nc3ncccn3c2C)c1. The van der Waals surface area contributed by atoms with Crippen molar-refractivity contribution in [2.24, 2.45) is 0 Å². The quantitative estimate of drug-likeness (QED) is 0.567. The van der Waals surface area contributed by atoms with Crippen molar-refractivity contribution in [1.29, 1.82) is 0 Å². The van der Waals surface area contributed by atoms with E-state index in [0.29, 0.717) is 22.7 Å². The fourth-order valence-electron chi connectivity index (χ4n) is 3.08. The standard InChI is InChI=1S/C20H17FN4O2S/c1-13-7-8-16(21)12-18(13)28(26,27)24-17-6-3-5-15(11-17)19-14(2)25-10-4-9-22-20(25)23-19/h3-12,24H,1-2H3. The zero-order valence-electron chi connectivity index (χ0n) is 15.2. The molecule has 0 amide bonds. The Balaban J connectivity index is 1.73. The number of hydrogen-bond acceptors (Lipinski definition) is 4. The number of anilines is 1. The van der Waals surface area contributed by atoms with Gasteiger partial charge in [0.25, 0.3) is 10.0 Å². The fraction of sp³-hybridized carbons (Fsp3) is 0.100. The normalized spacial score (nSPS) is 11.7. The monoisotopic (exact) mass is 396 g/mol. The van der Waals surface area contributed by atoms with E-state index in [0.717, 1.165) is 17.3 Å². The third-order valence-electron chi connectivity index (χ3n) is 4.47. The zero-order valence-corrected chi connectivity index (χ0v) is 16.0. The number of aryl methyl sites for hydroxylation is 2. The van der Waals surface area contributed by atoms with Crippen LogP contribution in [0.25, 0.3) is 17.0 Å². The third-order valence-corrected chi connectivity index (χ3v) is 5.99. The second kappa shape index (κ2) is 6.72. The van der Waals surface area contributed by atoms with Crippen LogP contribution in [-0.2, 0) is 10.0 Å². The molecular weight excluding hydrogens is 379 g/mol. The number of sulfonamides is 1. The molecule has 0 aliphatic carbocycles. The molecular formula is C20H17FN4O2S. The summed E-state index contributed by atoms with van der Waals surface area (Å²) < 4.78 is 43.4. The van der Waals surface area contributed by atoms with E-state index in [1.807, 2.05) is 29.7 Å². The van der Waals surface area contributed by atoms with Crippen molar-refractivity contribution in [1.82, 2.24) is 14.4 Å². The highest BCUT2D eigenvalue weighted by Crippen LogP contribution is 2.27. The molecule has 2 aromatic carbocycles. The largest absolute Gasteiger partial charge is 0.288 e. The van der Waals surface area contributed by atoms with Gasteiger partial charge >= 0.3 is 0 Å². The molecule has 0 radical (unpaired) electrons. The van der Waals surface area contributed by atoms with Crippen LogP contribution in [0.5, 0.6) is 0 Å². The van der Waals surface area contributed by atoms with Crippen LogP contribution in [-0.4, -0.2) is 22.8 Å². The van der Waals surface area contributed by atoms with Crippen molar-refractivity contribution >= 4 is 21.5 Å². The molecule has 0 aliphatic heterocycles. The van der Waals surface area contributed by atoms with Crippen molar-refractivity contribution in [3.63, 3.8) is 0 Å². The first-order valence-corrected chi connectivity index (χ1v) is 10.0. The lowest BCUT2D eigenvalue weighted by Crippen LogP contribution is -2.14. The average molecular weight is 396 g/mol. The summed E-state index contributed by atoms with van der Waals surface area (Å²) in [5.41, 5.74) is 3.18. The molecule has 28 heavy (non-hydrogen) atoms. The summed E-state index contributed by atoms with van der Waals surface area (Å²) >= 11 is 0. The Morgan fingerprint density at radius 3 is 2.68 bits per heavy atom. The first kappa shape index (κ1) is 18.1. The highest BCUT2D eigenvalue weighted by Gasteiger charge is 2.19. The van der Waals surface area contributed by atoms with E-state index >= 15 is 0 Å². The summed E-state index contributed by atoms with van der Waals surface area (Å²) in [5, 5.41) is 0. The van der Waals surface area contributed by atoms with Gasteiger partial charge in [-0.3, -0.25) is 9.12 Å². The molecule has 0 spiro atoms. The van der Waals surface area contributed by atoms with Crippen LogP contribution >= 0.6 is 0 Å². The van der Waals surface area contributed by atoms with Gasteiger partial charge < -0.3 is 0 Å². The van der Waals surface area contributed by atoms with Gasteiger partial charge in [0, 0.05) is 29.3 Å². The van der Waals surface area contributed by atoms with Crippen molar-refractivity contribution in [2.45, 2.75) is 18.7 Å². The summed E-state index contributed by atoms with van der Waals surface area (Å²) in [6.45, 7) is 3.54. The van der Waals surface area contributed by atoms with Gasteiger partial charge in [-0.1, -0.05) is 18.2 Å². The predicted molar refractivity (Wildman–Crippen MR) is 105 cm³/mol. The minimum atomic E-state index is -3.93. The van der Waals surface area contributed by atoms with Crippen molar-refractivity contribution in [3.8, 4) is 11.3 Å². The van der Waals surface area contributed by atoms with Gasteiger partial charge in [-0.2, -0.15) is 0 Å². The molecule has 4 aromatic rings. The van der Waals surface area contributed by atoms with Crippen molar-refractivity contribution in [3.05, 3.63) is 78.0 Å². The Morgan fingerprint density at radius 1 is 1.07 bits per heavy atom. The van der Waals surface area contributed by atoms with E-state index in [1.165, 1.54) is 12.1 Å². The molecule has 0 atom stereocenters. The predicted octanol–water partition coefficient (Wildman–Crippen LogP) is 3.95. The summed E-state index contributed by atoms with van der Waals surface area (Å²) in [4.78, 5) is 8.67. The maximum Gasteiger partial charge on any atom is 0.262 e. The first-order chi connectivity index (χ1) is 13.3. The lowest BCUT2D eigenvalue weighted by atomic mass is 10.1. The first-order valence-electron chi connectivity index (χ1n) is 8.54. The number of halogens is 1. The van der Waals surface area contributed by atoms with Gasteiger partial charge in [-0.05, 0) is 49.7 Å². The van der Waals surface area contributed by atoms with Crippen molar-refractivity contribution in [2.75, 3.05) is 4.72 Å². The van der Waals surface area contributed by atoms with Gasteiger partial charge in [0.2, 0.25) is 5.78 Å². The molecule has 4 rings (SSSR count). The van der Waals surface area contributed by atoms with E-state index in [9.17, 15) is 12.8 Å². The van der Waals surface area contributed by atoms with E-state index in [-0.39, 0.29) is 4.90 Å². The maximum atomic E-state index is 13.5. The number of rotatable bonds is 4. The number of nitrogens with zero attached hydrogens (tertiary/aromatic N) is 3. The molecule has 0 aliphatic rings. The minimum Gasteiger partial charge on any atom is -0.288 e. The van der Waals surface area contributed by atoms with E-state index in [4.69, 9.17) is 0 Å². The van der Waals surface area contributed by atoms with Gasteiger partial charge in [0.1, 0.15) is 5.82 Å². The number of imidazole rings is 1. The Morgan fingerprint density at radius 2 is 1.89 bits per heavy atom. The fourth-order valence-corrected chi connectivity index (χ4v) is 4.39. The molecule has 1 N–H and O–H groups in total. The topological polar surface area (TPSA) is 76.4 Å². The molecule has 6 nitrogen and oxygen atoms in total. The molecule has 2 heterocycles. The highest BCUT2D eigenvalue weighted by atomic mass is 32.2. The van der Waals surface area contributed by atoms with Crippen LogP contribution in [0, 0.1) is 19.7 Å². The Bertz CT molecular complexity index is 1300. The Hall–Kier alpha value is -3.26. The number of aromatic nitrogens is 3. The zero-order chi connectivity index (χ0) is 19.9. The molecule has 8 heteroatoms. The summed E-state index contributed by atoms with van der Waals surface area (Å²) in [7, 11) is -3.93. The molecule has 0 saturated heterocycles. The van der Waals surface area contributed by atoms with Crippen LogP contribution in [0.3, 0.4) is 0 Å². The van der Waals surface area contributed by atoms with Crippen LogP contribution in [0.15, 0.2) is 65.8 Å². The summed E-state index contributed by atoms with van der Waals surface area (Å²) in [5.74, 6) is -0.0380.